The van der Waals surface area contributed by atoms with Crippen LogP contribution in [0.15, 0.2) is 0 Å². The van der Waals surface area contributed by atoms with Crippen molar-refractivity contribution >= 4 is 129 Å². The molecule has 0 aliphatic heterocycles. The van der Waals surface area contributed by atoms with E-state index < -0.39 is 50.1 Å². The zero-order chi connectivity index (χ0) is 15.7. The summed E-state index contributed by atoms with van der Waals surface area (Å²) in [6.07, 6.45) is 0. The zero-order valence-corrected chi connectivity index (χ0v) is 19.4. The van der Waals surface area contributed by atoms with Crippen molar-refractivity contribution in [2.45, 2.75) is 0 Å². The van der Waals surface area contributed by atoms with Gasteiger partial charge in [0.05, 0.1) is 26.2 Å². The van der Waals surface area contributed by atoms with Gasteiger partial charge in [0.1, 0.15) is 0 Å². The Bertz CT molecular complexity index is 331. The van der Waals surface area contributed by atoms with Crippen LogP contribution >= 0.6 is 0 Å². The van der Waals surface area contributed by atoms with Gasteiger partial charge in [0.25, 0.3) is 0 Å². The van der Waals surface area contributed by atoms with Gasteiger partial charge >= 0.3 is 23.9 Å². The Morgan fingerprint density at radius 3 is 0.870 bits per heavy atom. The Balaban J connectivity index is -0.000000602. The molecule has 10 nitrogen and oxygen atoms in total. The van der Waals surface area contributed by atoms with Crippen molar-refractivity contribution in [3.05, 3.63) is 0 Å². The van der Waals surface area contributed by atoms with E-state index in [0.29, 0.717) is 0 Å². The molecule has 0 aromatic heterocycles. The fraction of sp³-hybridized carbons (Fsp3) is 0.600. The smallest absolute Gasteiger partial charge is 0.317 e. The quantitative estimate of drug-likeness (QED) is 0.263. The maximum atomic E-state index is 10.6. The third kappa shape index (κ3) is 21.3. The van der Waals surface area contributed by atoms with Crippen molar-refractivity contribution in [1.82, 2.24) is 9.80 Å². The molecule has 0 saturated heterocycles. The van der Waals surface area contributed by atoms with Crippen LogP contribution in [0.5, 0.6) is 0 Å². The number of aliphatic carboxylic acids is 4. The van der Waals surface area contributed by atoms with E-state index in [9.17, 15) is 19.2 Å². The number of rotatable bonds is 11. The normalized spacial score (nSPS) is 9.30. The summed E-state index contributed by atoms with van der Waals surface area (Å²) in [6, 6.07) is 0. The fourth-order valence-electron chi connectivity index (χ4n) is 1.48. The van der Waals surface area contributed by atoms with E-state index in [4.69, 9.17) is 20.4 Å². The summed E-state index contributed by atoms with van der Waals surface area (Å²) in [4.78, 5) is 44.4. The first-order chi connectivity index (χ1) is 9.20. The van der Waals surface area contributed by atoms with Crippen LogP contribution in [0, 0.1) is 0 Å². The summed E-state index contributed by atoms with van der Waals surface area (Å²) in [6.45, 7) is -2.25. The fourth-order valence-corrected chi connectivity index (χ4v) is 1.48. The molecule has 23 heavy (non-hydrogen) atoms. The van der Waals surface area contributed by atoms with Gasteiger partial charge < -0.3 is 20.4 Å². The molecule has 0 unspecified atom stereocenters. The molecule has 0 fully saturated rings. The van der Waals surface area contributed by atoms with Crippen molar-refractivity contribution in [2.24, 2.45) is 0 Å². The molecule has 0 bridgehead atoms. The summed E-state index contributed by atoms with van der Waals surface area (Å²) in [5, 5.41) is 34.5. The zero-order valence-electron chi connectivity index (χ0n) is 13.0. The third-order valence-corrected chi connectivity index (χ3v) is 2.17. The largest absolute Gasteiger partial charge is 0.480 e. The minimum absolute atomic E-state index is 0. The molecule has 0 saturated carbocycles. The summed E-state index contributed by atoms with van der Waals surface area (Å²) < 4.78 is 0. The first-order valence-corrected chi connectivity index (χ1v) is 5.52. The molecule has 0 amide bonds. The molecule has 0 aliphatic carbocycles. The van der Waals surface area contributed by atoms with E-state index in [0.717, 1.165) is 9.80 Å². The van der Waals surface area contributed by atoms with E-state index in [1.165, 1.54) is 0 Å². The first kappa shape index (κ1) is 32.0. The number of nitrogens with zero attached hydrogens (tertiary/aromatic N) is 2. The van der Waals surface area contributed by atoms with Crippen LogP contribution in [-0.2, 0) is 19.2 Å². The Morgan fingerprint density at radius 1 is 0.565 bits per heavy atom. The van der Waals surface area contributed by atoms with Gasteiger partial charge in [-0.2, -0.15) is 0 Å². The SMILES string of the molecule is O=C(O)CN(CCN(CC(=O)O)CC(=O)O)CC(=O)O.[Ca].[Ca].[Na]. The second kappa shape index (κ2) is 18.1. The first-order valence-electron chi connectivity index (χ1n) is 5.52. The summed E-state index contributed by atoms with van der Waals surface area (Å²) in [5.74, 6) is -4.91. The molecule has 0 aromatic carbocycles. The minimum Gasteiger partial charge on any atom is -0.480 e. The molecule has 0 aromatic rings. The summed E-state index contributed by atoms with van der Waals surface area (Å²) >= 11 is 0. The van der Waals surface area contributed by atoms with E-state index in [-0.39, 0.29) is 118 Å². The average Bonchev–Trinajstić information content (AvgIpc) is 2.22. The predicted octanol–water partition coefficient (Wildman–Crippen LogP) is -3.21. The Kier molecular flexibility index (Phi) is 25.2. The third-order valence-electron chi connectivity index (χ3n) is 2.17. The minimum atomic E-state index is -1.23. The van der Waals surface area contributed by atoms with Crippen molar-refractivity contribution in [3.8, 4) is 0 Å². The molecular weight excluding hydrogens is 379 g/mol. The van der Waals surface area contributed by atoms with Crippen molar-refractivity contribution in [1.29, 1.82) is 0 Å². The summed E-state index contributed by atoms with van der Waals surface area (Å²) in [5.41, 5.74) is 0. The second-order valence-electron chi connectivity index (χ2n) is 4.00. The molecule has 0 atom stereocenters. The van der Waals surface area contributed by atoms with Crippen LogP contribution in [-0.4, -0.2) is 198 Å². The van der Waals surface area contributed by atoms with Crippen molar-refractivity contribution < 1.29 is 39.6 Å². The van der Waals surface area contributed by atoms with Gasteiger partial charge in [0.15, 0.2) is 0 Å². The molecule has 0 spiro atoms. The Labute approximate surface area is 214 Å². The molecule has 0 aliphatic rings. The Morgan fingerprint density at radius 2 is 0.739 bits per heavy atom. The number of carbonyl (C=O) groups is 4. The number of hydrogen-bond acceptors (Lipinski definition) is 6. The van der Waals surface area contributed by atoms with Gasteiger partial charge in [0, 0.05) is 118 Å². The van der Waals surface area contributed by atoms with Crippen LogP contribution in [0.3, 0.4) is 0 Å². The predicted molar refractivity (Wildman–Crippen MR) is 80.7 cm³/mol. The topological polar surface area (TPSA) is 156 Å². The second-order valence-corrected chi connectivity index (χ2v) is 4.00. The van der Waals surface area contributed by atoms with Crippen LogP contribution in [0.2, 0.25) is 0 Å². The molecule has 0 heterocycles. The van der Waals surface area contributed by atoms with Crippen molar-refractivity contribution in [3.63, 3.8) is 0 Å². The molecule has 0 rings (SSSR count). The van der Waals surface area contributed by atoms with Crippen LogP contribution in [0.1, 0.15) is 0 Å². The average molecular weight is 395 g/mol. The molecule has 4 N–H and O–H groups in total. The van der Waals surface area contributed by atoms with Gasteiger partial charge in [-0.15, -0.1) is 0 Å². The van der Waals surface area contributed by atoms with E-state index in [1.54, 1.807) is 0 Å². The van der Waals surface area contributed by atoms with E-state index in [2.05, 4.69) is 0 Å². The van der Waals surface area contributed by atoms with Crippen molar-refractivity contribution in [2.75, 3.05) is 39.3 Å². The van der Waals surface area contributed by atoms with Crippen LogP contribution in [0.4, 0.5) is 0 Å². The molecule has 13 heteroatoms. The number of carboxylic acids is 4. The number of hydrogen-bond donors (Lipinski definition) is 4. The maximum Gasteiger partial charge on any atom is 0.317 e. The Hall–Kier alpha value is 1.32. The van der Waals surface area contributed by atoms with E-state index >= 15 is 0 Å². The monoisotopic (exact) mass is 395 g/mol. The van der Waals surface area contributed by atoms with Gasteiger partial charge in [-0.3, -0.25) is 29.0 Å². The standard InChI is InChI=1S/C10H16N2O8.2Ca.Na/c13-7(14)3-11(4-8(15)16)1-2-12(5-9(17)18)6-10(19)20;;;/h1-6H2,(H,13,14)(H,15,16)(H,17,18)(H,19,20);;;. The van der Waals surface area contributed by atoms with Gasteiger partial charge in [0.2, 0.25) is 0 Å². The molecular formula is C10H16Ca2N2NaO8. The van der Waals surface area contributed by atoms with Gasteiger partial charge in [-0.05, 0) is 0 Å². The molecule has 5 radical (unpaired) electrons. The maximum absolute atomic E-state index is 10.6. The van der Waals surface area contributed by atoms with Crippen LogP contribution < -0.4 is 0 Å². The van der Waals surface area contributed by atoms with E-state index in [1.807, 2.05) is 0 Å². The van der Waals surface area contributed by atoms with Gasteiger partial charge in [-0.1, -0.05) is 0 Å². The molecule has 119 valence electrons. The number of carboxylic acid groups (broad SMARTS) is 4. The summed E-state index contributed by atoms with van der Waals surface area (Å²) in [7, 11) is 0. The van der Waals surface area contributed by atoms with Gasteiger partial charge in [-0.25, -0.2) is 0 Å². The van der Waals surface area contributed by atoms with Crippen LogP contribution in [0.25, 0.3) is 0 Å².